The number of methoxy groups -OCH3 is 1. The van der Waals surface area contributed by atoms with Crippen molar-refractivity contribution in [2.24, 2.45) is 0 Å². The molecule has 0 aliphatic carbocycles. The number of amides is 2. The lowest BCUT2D eigenvalue weighted by molar-refractivity contribution is -0.136. The molecule has 0 unspecified atom stereocenters. The van der Waals surface area contributed by atoms with E-state index in [0.29, 0.717) is 31.9 Å². The average Bonchev–Trinajstić information content (AvgIpc) is 2.80. The Balaban J connectivity index is 1.81. The average molecular weight is 320 g/mol. The molecule has 1 aliphatic heterocycles. The molecule has 1 saturated heterocycles. The van der Waals surface area contributed by atoms with Crippen molar-refractivity contribution in [2.45, 2.75) is 13.3 Å². The van der Waals surface area contributed by atoms with Crippen LogP contribution in [0, 0.1) is 6.92 Å². The summed E-state index contributed by atoms with van der Waals surface area (Å²) in [5, 5.41) is 0. The molecule has 1 fully saturated rings. The lowest BCUT2D eigenvalue weighted by Gasteiger charge is -2.22. The standard InChI is InChI=1S/C17H24N2O4/c1-14-4-6-15(7-5-14)23-13-17(21)19-9-3-8-18(10-11-19)16(20)12-22-2/h4-7H,3,8-13H2,1-2H3. The maximum atomic E-state index is 12.3. The molecule has 0 N–H and O–H groups in total. The lowest BCUT2D eigenvalue weighted by atomic mass is 10.2. The van der Waals surface area contributed by atoms with Gasteiger partial charge >= 0.3 is 0 Å². The first kappa shape index (κ1) is 17.3. The van der Waals surface area contributed by atoms with E-state index in [1.165, 1.54) is 7.11 Å². The number of carbonyl (C=O) groups excluding carboxylic acids is 2. The van der Waals surface area contributed by atoms with E-state index in [2.05, 4.69) is 0 Å². The normalized spacial score (nSPS) is 15.2. The summed E-state index contributed by atoms with van der Waals surface area (Å²) in [4.78, 5) is 27.6. The Morgan fingerprint density at radius 3 is 2.09 bits per heavy atom. The Morgan fingerprint density at radius 1 is 0.957 bits per heavy atom. The highest BCUT2D eigenvalue weighted by molar-refractivity contribution is 5.79. The van der Waals surface area contributed by atoms with Gasteiger partial charge in [0.05, 0.1) is 0 Å². The molecule has 126 valence electrons. The monoisotopic (exact) mass is 320 g/mol. The molecule has 0 atom stereocenters. The summed E-state index contributed by atoms with van der Waals surface area (Å²) in [5.74, 6) is 0.611. The van der Waals surface area contributed by atoms with Crippen molar-refractivity contribution in [3.63, 3.8) is 0 Å². The van der Waals surface area contributed by atoms with E-state index in [0.717, 1.165) is 12.0 Å². The van der Waals surface area contributed by atoms with Crippen LogP contribution in [0.2, 0.25) is 0 Å². The van der Waals surface area contributed by atoms with Crippen LogP contribution in [0.5, 0.6) is 5.75 Å². The van der Waals surface area contributed by atoms with E-state index in [1.807, 2.05) is 31.2 Å². The number of hydrogen-bond donors (Lipinski definition) is 0. The third-order valence-electron chi connectivity index (χ3n) is 3.85. The third-order valence-corrected chi connectivity index (χ3v) is 3.85. The van der Waals surface area contributed by atoms with Crippen molar-refractivity contribution in [2.75, 3.05) is 46.5 Å². The number of ether oxygens (including phenoxy) is 2. The Bertz CT molecular complexity index is 530. The van der Waals surface area contributed by atoms with E-state index >= 15 is 0 Å². The minimum absolute atomic E-state index is 0.0229. The van der Waals surface area contributed by atoms with Crippen LogP contribution in [0.25, 0.3) is 0 Å². The van der Waals surface area contributed by atoms with Gasteiger partial charge in [0.1, 0.15) is 12.4 Å². The summed E-state index contributed by atoms with van der Waals surface area (Å²) in [5.41, 5.74) is 1.15. The molecule has 1 aliphatic rings. The molecule has 1 heterocycles. The first-order chi connectivity index (χ1) is 11.1. The molecular formula is C17H24N2O4. The van der Waals surface area contributed by atoms with Gasteiger partial charge < -0.3 is 19.3 Å². The number of rotatable bonds is 5. The molecule has 1 aromatic carbocycles. The van der Waals surface area contributed by atoms with Crippen molar-refractivity contribution in [1.29, 1.82) is 0 Å². The Kier molecular flexibility index (Phi) is 6.40. The van der Waals surface area contributed by atoms with E-state index in [1.54, 1.807) is 9.80 Å². The van der Waals surface area contributed by atoms with Gasteiger partial charge in [0.2, 0.25) is 5.91 Å². The predicted octanol–water partition coefficient (Wildman–Crippen LogP) is 1.08. The molecule has 0 saturated carbocycles. The Labute approximate surface area is 137 Å². The zero-order chi connectivity index (χ0) is 16.7. The summed E-state index contributed by atoms with van der Waals surface area (Å²) in [6.07, 6.45) is 0.770. The second kappa shape index (κ2) is 8.53. The van der Waals surface area contributed by atoms with Crippen molar-refractivity contribution in [3.05, 3.63) is 29.8 Å². The summed E-state index contributed by atoms with van der Waals surface area (Å²) < 4.78 is 10.4. The third kappa shape index (κ3) is 5.25. The number of hydrogen-bond acceptors (Lipinski definition) is 4. The Morgan fingerprint density at radius 2 is 1.52 bits per heavy atom. The summed E-state index contributed by atoms with van der Waals surface area (Å²) in [6.45, 7) is 4.49. The predicted molar refractivity (Wildman–Crippen MR) is 86.3 cm³/mol. The maximum Gasteiger partial charge on any atom is 0.260 e. The molecule has 6 heteroatoms. The van der Waals surface area contributed by atoms with Gasteiger partial charge in [-0.25, -0.2) is 0 Å². The van der Waals surface area contributed by atoms with E-state index in [-0.39, 0.29) is 25.0 Å². The number of carbonyl (C=O) groups is 2. The molecule has 2 rings (SSSR count). The van der Waals surface area contributed by atoms with Crippen LogP contribution in [-0.4, -0.2) is 68.1 Å². The number of benzene rings is 1. The van der Waals surface area contributed by atoms with Crippen LogP contribution in [0.15, 0.2) is 24.3 Å². The van der Waals surface area contributed by atoms with E-state index in [4.69, 9.17) is 9.47 Å². The van der Waals surface area contributed by atoms with Crippen LogP contribution in [-0.2, 0) is 14.3 Å². The molecule has 23 heavy (non-hydrogen) atoms. The first-order valence-electron chi connectivity index (χ1n) is 7.84. The second-order valence-corrected chi connectivity index (χ2v) is 5.65. The molecule has 0 bridgehead atoms. The molecule has 0 spiro atoms. The van der Waals surface area contributed by atoms with Crippen molar-refractivity contribution >= 4 is 11.8 Å². The van der Waals surface area contributed by atoms with Gasteiger partial charge in [-0.15, -0.1) is 0 Å². The van der Waals surface area contributed by atoms with Crippen LogP contribution >= 0.6 is 0 Å². The molecule has 0 radical (unpaired) electrons. The van der Waals surface area contributed by atoms with Crippen molar-refractivity contribution < 1.29 is 19.1 Å². The summed E-state index contributed by atoms with van der Waals surface area (Å²) in [7, 11) is 1.51. The first-order valence-corrected chi connectivity index (χ1v) is 7.84. The minimum atomic E-state index is -0.0494. The van der Waals surface area contributed by atoms with E-state index in [9.17, 15) is 9.59 Å². The van der Waals surface area contributed by atoms with Gasteiger partial charge in [0.25, 0.3) is 5.91 Å². The van der Waals surface area contributed by atoms with Crippen molar-refractivity contribution in [1.82, 2.24) is 9.80 Å². The van der Waals surface area contributed by atoms with Gasteiger partial charge in [-0.3, -0.25) is 9.59 Å². The fourth-order valence-corrected chi connectivity index (χ4v) is 2.50. The van der Waals surface area contributed by atoms with E-state index < -0.39 is 0 Å². The van der Waals surface area contributed by atoms with Crippen LogP contribution in [0.1, 0.15) is 12.0 Å². The molecule has 1 aromatic rings. The van der Waals surface area contributed by atoms with Gasteiger partial charge in [-0.1, -0.05) is 17.7 Å². The van der Waals surface area contributed by atoms with Gasteiger partial charge in [-0.2, -0.15) is 0 Å². The Hall–Kier alpha value is -2.08. The second-order valence-electron chi connectivity index (χ2n) is 5.65. The van der Waals surface area contributed by atoms with Crippen molar-refractivity contribution in [3.8, 4) is 5.75 Å². The molecule has 6 nitrogen and oxygen atoms in total. The van der Waals surface area contributed by atoms with Gasteiger partial charge in [0.15, 0.2) is 6.61 Å². The molecule has 2 amide bonds. The molecular weight excluding hydrogens is 296 g/mol. The van der Waals surface area contributed by atoms with Gasteiger partial charge in [-0.05, 0) is 25.5 Å². The zero-order valence-corrected chi connectivity index (χ0v) is 13.8. The highest BCUT2D eigenvalue weighted by Gasteiger charge is 2.22. The highest BCUT2D eigenvalue weighted by Crippen LogP contribution is 2.12. The smallest absolute Gasteiger partial charge is 0.260 e. The summed E-state index contributed by atoms with van der Waals surface area (Å²) >= 11 is 0. The fourth-order valence-electron chi connectivity index (χ4n) is 2.50. The largest absolute Gasteiger partial charge is 0.484 e. The van der Waals surface area contributed by atoms with Crippen LogP contribution in [0.3, 0.4) is 0 Å². The highest BCUT2D eigenvalue weighted by atomic mass is 16.5. The van der Waals surface area contributed by atoms with Crippen LogP contribution in [0.4, 0.5) is 0 Å². The number of nitrogens with zero attached hydrogens (tertiary/aromatic N) is 2. The number of aryl methyl sites for hydroxylation is 1. The minimum Gasteiger partial charge on any atom is -0.484 e. The van der Waals surface area contributed by atoms with Crippen LogP contribution < -0.4 is 4.74 Å². The quantitative estimate of drug-likeness (QED) is 0.815. The fraction of sp³-hybridized carbons (Fsp3) is 0.529. The lowest BCUT2D eigenvalue weighted by Crippen LogP contribution is -2.40. The maximum absolute atomic E-state index is 12.3. The molecule has 0 aromatic heterocycles. The van der Waals surface area contributed by atoms with Gasteiger partial charge in [0, 0.05) is 33.3 Å². The zero-order valence-electron chi connectivity index (χ0n) is 13.8. The topological polar surface area (TPSA) is 59.1 Å². The summed E-state index contributed by atoms with van der Waals surface area (Å²) in [6, 6.07) is 7.61. The SMILES string of the molecule is COCC(=O)N1CCCN(C(=O)COc2ccc(C)cc2)CC1.